The van der Waals surface area contributed by atoms with E-state index in [4.69, 9.17) is 4.18 Å². The Hall–Kier alpha value is -0.900. The summed E-state index contributed by atoms with van der Waals surface area (Å²) in [5.74, 6) is -1.25. The standard InChI is InChI=1S/C22H15F2I2O2PS/c23-19-11-15(27)12-20(24)22(19)21-17(13-4-2-1-3-5-13)8-6-14-10-16(7-9-18(14)21)28-30-29(25)26/h1-5,7,9-12,27H,6,8H2. The molecule has 1 N–H and O–H groups in total. The second kappa shape index (κ2) is 9.71. The van der Waals surface area contributed by atoms with Gasteiger partial charge in [0.05, 0.1) is 5.56 Å². The summed E-state index contributed by atoms with van der Waals surface area (Å²) in [4.78, 5) is 0. The number of fused-ring (bicyclic) bond motifs is 1. The third-order valence-electron chi connectivity index (χ3n) is 4.88. The predicted molar refractivity (Wildman–Crippen MR) is 138 cm³/mol. The van der Waals surface area contributed by atoms with Gasteiger partial charge in [-0.1, -0.05) is 36.4 Å². The van der Waals surface area contributed by atoms with Gasteiger partial charge in [0.2, 0.25) is 0 Å². The molecule has 0 aromatic heterocycles. The monoisotopic (exact) mass is 666 g/mol. The molecule has 154 valence electrons. The van der Waals surface area contributed by atoms with E-state index in [1.165, 1.54) is 11.7 Å². The molecule has 2 nitrogen and oxygen atoms in total. The average molecular weight is 666 g/mol. The van der Waals surface area contributed by atoms with Crippen LogP contribution >= 0.6 is 58.2 Å². The van der Waals surface area contributed by atoms with E-state index in [9.17, 15) is 13.9 Å². The zero-order valence-electron chi connectivity index (χ0n) is 15.4. The van der Waals surface area contributed by atoms with Crippen LogP contribution in [0.4, 0.5) is 8.78 Å². The van der Waals surface area contributed by atoms with E-state index in [0.717, 1.165) is 46.6 Å². The van der Waals surface area contributed by atoms with Gasteiger partial charge in [0.15, 0.2) is 0 Å². The highest BCUT2D eigenvalue weighted by Gasteiger charge is 2.27. The smallest absolute Gasteiger partial charge is 0.138 e. The highest BCUT2D eigenvalue weighted by Crippen LogP contribution is 2.64. The van der Waals surface area contributed by atoms with Gasteiger partial charge in [-0.25, -0.2) is 8.78 Å². The number of hydrogen-bond donors (Lipinski definition) is 1. The van der Waals surface area contributed by atoms with Crippen LogP contribution in [-0.4, -0.2) is 5.11 Å². The lowest BCUT2D eigenvalue weighted by Gasteiger charge is -2.25. The molecule has 3 aromatic rings. The van der Waals surface area contributed by atoms with Crippen molar-refractivity contribution in [2.45, 2.75) is 12.8 Å². The molecule has 8 heteroatoms. The first-order chi connectivity index (χ1) is 14.4. The number of aryl methyl sites for hydroxylation is 1. The molecule has 30 heavy (non-hydrogen) atoms. The Labute approximate surface area is 204 Å². The van der Waals surface area contributed by atoms with Crippen LogP contribution in [0.25, 0.3) is 11.1 Å². The molecule has 0 aliphatic heterocycles. The van der Waals surface area contributed by atoms with Crippen molar-refractivity contribution < 1.29 is 18.1 Å². The highest BCUT2D eigenvalue weighted by atomic mass is 127. The van der Waals surface area contributed by atoms with E-state index in [-0.39, 0.29) is 7.97 Å². The van der Waals surface area contributed by atoms with Crippen molar-refractivity contribution in [3.63, 3.8) is 0 Å². The minimum atomic E-state index is -0.778. The molecule has 1 aliphatic carbocycles. The van der Waals surface area contributed by atoms with Crippen LogP contribution in [0.15, 0.2) is 60.7 Å². The van der Waals surface area contributed by atoms with Gasteiger partial charge in [0.1, 0.15) is 37.2 Å². The molecular formula is C22H15F2I2O2PS. The highest BCUT2D eigenvalue weighted by molar-refractivity contribution is 14.3. The largest absolute Gasteiger partial charge is 0.508 e. The quantitative estimate of drug-likeness (QED) is 0.168. The van der Waals surface area contributed by atoms with Crippen LogP contribution in [0, 0.1) is 11.6 Å². The first-order valence-electron chi connectivity index (χ1n) is 9.00. The number of rotatable bonds is 5. The van der Waals surface area contributed by atoms with Gasteiger partial charge in [0, 0.05) is 12.1 Å². The van der Waals surface area contributed by atoms with Gasteiger partial charge in [-0.2, -0.15) is 0 Å². The minimum Gasteiger partial charge on any atom is -0.508 e. The van der Waals surface area contributed by atoms with E-state index < -0.39 is 17.4 Å². The van der Waals surface area contributed by atoms with Gasteiger partial charge in [-0.05, 0) is 96.9 Å². The van der Waals surface area contributed by atoms with Crippen molar-refractivity contribution >= 4 is 69.3 Å². The van der Waals surface area contributed by atoms with Crippen LogP contribution in [0.5, 0.6) is 11.5 Å². The zero-order chi connectivity index (χ0) is 21.3. The van der Waals surface area contributed by atoms with Crippen molar-refractivity contribution in [2.75, 3.05) is 0 Å². The van der Waals surface area contributed by atoms with E-state index >= 15 is 0 Å². The molecule has 0 atom stereocenters. The summed E-state index contributed by atoms with van der Waals surface area (Å²) in [6.45, 7) is 0. The molecule has 3 aromatic carbocycles. The second-order valence-electron chi connectivity index (χ2n) is 6.68. The Kier molecular flexibility index (Phi) is 7.22. The number of hydrogen-bond acceptors (Lipinski definition) is 3. The molecule has 1 aliphatic rings. The van der Waals surface area contributed by atoms with E-state index in [2.05, 4.69) is 44.1 Å². The first kappa shape index (κ1) is 22.3. The van der Waals surface area contributed by atoms with Gasteiger partial charge in [-0.3, -0.25) is 0 Å². The molecule has 0 heterocycles. The summed E-state index contributed by atoms with van der Waals surface area (Å²) in [7, 11) is 0. The van der Waals surface area contributed by atoms with Crippen molar-refractivity contribution in [3.8, 4) is 11.5 Å². The van der Waals surface area contributed by atoms with E-state index in [0.29, 0.717) is 12.0 Å². The Morgan fingerprint density at radius 1 is 0.933 bits per heavy atom. The maximum absolute atomic E-state index is 14.9. The summed E-state index contributed by atoms with van der Waals surface area (Å²) < 4.78 is 35.3. The first-order valence-corrected chi connectivity index (χ1v) is 17.3. The van der Waals surface area contributed by atoms with Crippen molar-refractivity contribution in [2.24, 2.45) is 0 Å². The molecule has 0 saturated heterocycles. The van der Waals surface area contributed by atoms with Crippen molar-refractivity contribution in [1.82, 2.24) is 0 Å². The number of allylic oxidation sites excluding steroid dienone is 1. The lowest BCUT2D eigenvalue weighted by molar-refractivity contribution is 0.459. The Morgan fingerprint density at radius 3 is 2.30 bits per heavy atom. The lowest BCUT2D eigenvalue weighted by Crippen LogP contribution is -2.09. The molecule has 0 saturated carbocycles. The topological polar surface area (TPSA) is 29.5 Å². The molecule has 0 fully saturated rings. The summed E-state index contributed by atoms with van der Waals surface area (Å²) in [5.41, 5.74) is 4.01. The minimum absolute atomic E-state index is 0.112. The van der Waals surface area contributed by atoms with Gasteiger partial charge >= 0.3 is 0 Å². The fourth-order valence-electron chi connectivity index (χ4n) is 3.70. The molecule has 0 radical (unpaired) electrons. The Balaban J connectivity index is 1.91. The number of phenolic OH excluding ortho intramolecular Hbond substituents is 1. The summed E-state index contributed by atoms with van der Waals surface area (Å²) >= 11 is 6.06. The van der Waals surface area contributed by atoms with Crippen LogP contribution in [0.1, 0.15) is 28.7 Å². The molecular weight excluding hydrogens is 651 g/mol. The summed E-state index contributed by atoms with van der Waals surface area (Å²) in [6.07, 6.45) is 1.39. The molecule has 0 spiro atoms. The van der Waals surface area contributed by atoms with Gasteiger partial charge < -0.3 is 9.29 Å². The number of aromatic hydroxyl groups is 1. The zero-order valence-corrected chi connectivity index (χ0v) is 21.4. The van der Waals surface area contributed by atoms with Gasteiger partial charge in [-0.15, -0.1) is 0 Å². The Morgan fingerprint density at radius 2 is 1.63 bits per heavy atom. The van der Waals surface area contributed by atoms with Crippen LogP contribution < -0.4 is 4.18 Å². The number of phenols is 1. The average Bonchev–Trinajstić information content (AvgIpc) is 2.72. The van der Waals surface area contributed by atoms with Crippen LogP contribution in [0.3, 0.4) is 0 Å². The molecule has 0 amide bonds. The lowest BCUT2D eigenvalue weighted by atomic mass is 9.79. The third-order valence-corrected chi connectivity index (χ3v) is 8.72. The van der Waals surface area contributed by atoms with E-state index in [1.54, 1.807) is 0 Å². The van der Waals surface area contributed by atoms with Crippen LogP contribution in [0.2, 0.25) is 0 Å². The molecule has 0 unspecified atom stereocenters. The van der Waals surface area contributed by atoms with Crippen molar-refractivity contribution in [1.29, 1.82) is 0 Å². The summed E-state index contributed by atoms with van der Waals surface area (Å²) in [5, 5.41) is 9.62. The number of halogens is 4. The predicted octanol–water partition coefficient (Wildman–Crippen LogP) is 8.70. The number of benzene rings is 3. The van der Waals surface area contributed by atoms with Gasteiger partial charge in [0.25, 0.3) is 0 Å². The SMILES string of the molecule is Oc1cc(F)c(C2=C(c3ccccc3)CCc3cc(OSP(I)I)ccc32)c(F)c1. The fraction of sp³-hybridized carbons (Fsp3) is 0.0909. The maximum atomic E-state index is 14.9. The maximum Gasteiger partial charge on any atom is 0.138 e. The Bertz CT molecular complexity index is 1100. The third kappa shape index (κ3) is 4.79. The fourth-order valence-corrected chi connectivity index (χ4v) is 5.82. The molecule has 4 rings (SSSR count). The van der Waals surface area contributed by atoms with Crippen molar-refractivity contribution in [3.05, 3.63) is 94.6 Å². The second-order valence-corrected chi connectivity index (χ2v) is 24.2. The normalized spacial score (nSPS) is 13.5. The molecule has 0 bridgehead atoms. The van der Waals surface area contributed by atoms with E-state index in [1.807, 2.05) is 48.5 Å². The van der Waals surface area contributed by atoms with Crippen LogP contribution in [-0.2, 0) is 6.42 Å². The summed E-state index contributed by atoms with van der Waals surface area (Å²) in [6, 6.07) is 17.2.